The first-order valence-corrected chi connectivity index (χ1v) is 16.5. The first-order valence-electron chi connectivity index (χ1n) is 16.5. The van der Waals surface area contributed by atoms with Gasteiger partial charge in [-0.25, -0.2) is 0 Å². The van der Waals surface area contributed by atoms with Gasteiger partial charge in [0.1, 0.15) is 0 Å². The van der Waals surface area contributed by atoms with Crippen molar-refractivity contribution in [2.24, 2.45) is 4.99 Å². The SMILES string of the molecule is CC(/C=C(/C)[N-]C1CCCCC1)=NC1CCCCC1.Cc1cccc2nc3c(nc12)C(C)(C)c1cccc2cc[c-]c-3c12.[Ir]. The van der Waals surface area contributed by atoms with Crippen LogP contribution in [-0.4, -0.2) is 27.8 Å². The first-order chi connectivity index (χ1) is 20.8. The van der Waals surface area contributed by atoms with E-state index in [9.17, 15) is 0 Å². The molecule has 0 saturated heterocycles. The maximum Gasteiger partial charge on any atom is 0.0900 e. The minimum Gasteiger partial charge on any atom is -0.685 e. The zero-order valence-corrected chi connectivity index (χ0v) is 29.4. The number of fused-ring (bicyclic) bond motifs is 3. The van der Waals surface area contributed by atoms with Crippen molar-refractivity contribution in [3.8, 4) is 11.3 Å². The number of nitrogens with zero attached hydrogens (tertiary/aromatic N) is 4. The van der Waals surface area contributed by atoms with E-state index in [0.29, 0.717) is 12.1 Å². The van der Waals surface area contributed by atoms with Crippen LogP contribution in [-0.2, 0) is 25.5 Å². The van der Waals surface area contributed by atoms with E-state index >= 15 is 0 Å². The quantitative estimate of drug-likeness (QED) is 0.154. The molecule has 3 aliphatic rings. The predicted molar refractivity (Wildman–Crippen MR) is 182 cm³/mol. The number of hydrogen-bond donors (Lipinski definition) is 0. The molecule has 1 heterocycles. The van der Waals surface area contributed by atoms with Crippen LogP contribution in [0.15, 0.2) is 65.3 Å². The summed E-state index contributed by atoms with van der Waals surface area (Å²) in [6.07, 6.45) is 15.5. The van der Waals surface area contributed by atoms with Gasteiger partial charge in [-0.2, -0.15) is 5.70 Å². The van der Waals surface area contributed by atoms with Crippen LogP contribution in [0.5, 0.6) is 0 Å². The van der Waals surface area contributed by atoms with Crippen LogP contribution in [0.3, 0.4) is 0 Å². The zero-order valence-electron chi connectivity index (χ0n) is 27.0. The van der Waals surface area contributed by atoms with Crippen molar-refractivity contribution in [1.82, 2.24) is 9.97 Å². The molecule has 2 saturated carbocycles. The minimum absolute atomic E-state index is 0. The second-order valence-corrected chi connectivity index (χ2v) is 13.4. The summed E-state index contributed by atoms with van der Waals surface area (Å²) < 4.78 is 0. The average molecular weight is 763 g/mol. The zero-order chi connectivity index (χ0) is 30.0. The van der Waals surface area contributed by atoms with Gasteiger partial charge in [0.05, 0.1) is 17.1 Å². The van der Waals surface area contributed by atoms with Crippen LogP contribution >= 0.6 is 0 Å². The minimum atomic E-state index is -0.180. The van der Waals surface area contributed by atoms with Gasteiger partial charge in [-0.1, -0.05) is 119 Å². The van der Waals surface area contributed by atoms with Gasteiger partial charge in [0.25, 0.3) is 0 Å². The summed E-state index contributed by atoms with van der Waals surface area (Å²) in [5.41, 5.74) is 9.68. The Balaban J connectivity index is 0.000000176. The van der Waals surface area contributed by atoms with Crippen LogP contribution in [0, 0.1) is 13.0 Å². The van der Waals surface area contributed by atoms with E-state index in [-0.39, 0.29) is 25.5 Å². The van der Waals surface area contributed by atoms with E-state index in [2.05, 4.69) is 77.1 Å². The largest absolute Gasteiger partial charge is 0.685 e. The molecular formula is C39H46IrN4-2. The summed E-state index contributed by atoms with van der Waals surface area (Å²) in [6, 6.07) is 21.4. The molecular weight excluding hydrogens is 717 g/mol. The van der Waals surface area contributed by atoms with Crippen molar-refractivity contribution in [1.29, 1.82) is 0 Å². The number of benzene rings is 3. The van der Waals surface area contributed by atoms with E-state index in [1.165, 1.54) is 97.5 Å². The molecule has 0 amide bonds. The number of hydrogen-bond acceptors (Lipinski definition) is 3. The second kappa shape index (κ2) is 14.0. The van der Waals surface area contributed by atoms with Crippen molar-refractivity contribution < 1.29 is 20.1 Å². The molecule has 0 atom stereocenters. The smallest absolute Gasteiger partial charge is 0.0900 e. The Morgan fingerprint density at radius 2 is 1.61 bits per heavy atom. The van der Waals surface area contributed by atoms with Crippen LogP contribution in [0.4, 0.5) is 0 Å². The maximum absolute atomic E-state index is 5.07. The average Bonchev–Trinajstić information content (AvgIpc) is 3.01. The van der Waals surface area contributed by atoms with Crippen LogP contribution < -0.4 is 0 Å². The summed E-state index contributed by atoms with van der Waals surface area (Å²) in [6.45, 7) is 10.9. The summed E-state index contributed by atoms with van der Waals surface area (Å²) in [4.78, 5) is 14.9. The number of rotatable bonds is 4. The van der Waals surface area contributed by atoms with Crippen molar-refractivity contribution in [3.05, 3.63) is 88.5 Å². The Morgan fingerprint density at radius 1 is 0.909 bits per heavy atom. The van der Waals surface area contributed by atoms with Gasteiger partial charge in [0.15, 0.2) is 0 Å². The van der Waals surface area contributed by atoms with Gasteiger partial charge in [-0.05, 0) is 38.3 Å². The Hall–Kier alpha value is -2.88. The van der Waals surface area contributed by atoms with Gasteiger partial charge < -0.3 is 5.32 Å². The standard InChI is InChI=1S/C22H17N2.C17H29N2.Ir/c1-13-7-4-12-17-19(13)24-21-20(23-17)15-10-5-8-14-9-6-11-16(18(14)15)22(21,2)3;1-14(18-16-9-5-3-6-10-16)13-15(2)19-17-11-7-4-8-12-17;/h4-9,11-12H,1-3H3;13,16-17H,3-12H2,1-2H3;/q2*-1;/b;14-13-,19-15?;. The summed E-state index contributed by atoms with van der Waals surface area (Å²) >= 11 is 0. The molecule has 0 bridgehead atoms. The third-order valence-electron chi connectivity index (χ3n) is 9.58. The van der Waals surface area contributed by atoms with Crippen LogP contribution in [0.1, 0.15) is 109 Å². The third-order valence-corrected chi connectivity index (χ3v) is 9.58. The van der Waals surface area contributed by atoms with E-state index in [1.807, 2.05) is 18.2 Å². The molecule has 0 unspecified atom stereocenters. The first kappa shape index (κ1) is 32.5. The molecule has 5 heteroatoms. The fourth-order valence-electron chi connectivity index (χ4n) is 7.31. The van der Waals surface area contributed by atoms with Gasteiger partial charge in [-0.15, -0.1) is 35.2 Å². The van der Waals surface area contributed by atoms with Crippen LogP contribution in [0.25, 0.3) is 38.4 Å². The van der Waals surface area contributed by atoms with E-state index in [0.717, 1.165) is 28.0 Å². The Kier molecular flexibility index (Phi) is 10.4. The molecule has 3 aromatic carbocycles. The Labute approximate surface area is 277 Å². The molecule has 7 rings (SSSR count). The number of aryl methyl sites for hydroxylation is 1. The molecule has 233 valence electrons. The Bertz CT molecular complexity index is 1670. The van der Waals surface area contributed by atoms with Gasteiger partial charge in [0.2, 0.25) is 0 Å². The summed E-state index contributed by atoms with van der Waals surface area (Å²) in [7, 11) is 0. The topological polar surface area (TPSA) is 52.2 Å². The molecule has 2 fully saturated rings. The normalized spacial score (nSPS) is 18.7. The number of para-hydroxylation sites is 1. The third kappa shape index (κ3) is 6.85. The monoisotopic (exact) mass is 763 g/mol. The van der Waals surface area contributed by atoms with E-state index in [1.54, 1.807) is 0 Å². The Morgan fingerprint density at radius 3 is 2.36 bits per heavy atom. The molecule has 1 aromatic heterocycles. The number of allylic oxidation sites excluding steroid dienone is 2. The van der Waals surface area contributed by atoms with E-state index < -0.39 is 0 Å². The maximum atomic E-state index is 5.07. The molecule has 0 aliphatic heterocycles. The fraction of sp³-hybridized carbons (Fsp3) is 0.462. The van der Waals surface area contributed by atoms with Gasteiger partial charge in [-0.3, -0.25) is 15.0 Å². The molecule has 4 nitrogen and oxygen atoms in total. The van der Waals surface area contributed by atoms with Gasteiger partial charge in [0, 0.05) is 42.6 Å². The molecule has 3 aliphatic carbocycles. The molecule has 1 radical (unpaired) electrons. The molecule has 0 N–H and O–H groups in total. The predicted octanol–water partition coefficient (Wildman–Crippen LogP) is 10.6. The number of aliphatic imine (C=N–C) groups is 1. The van der Waals surface area contributed by atoms with Crippen molar-refractivity contribution in [2.75, 3.05) is 0 Å². The fourth-order valence-corrected chi connectivity index (χ4v) is 7.31. The second-order valence-electron chi connectivity index (χ2n) is 13.4. The summed E-state index contributed by atoms with van der Waals surface area (Å²) in [5.74, 6) is 0. The molecule has 44 heavy (non-hydrogen) atoms. The van der Waals surface area contributed by atoms with Gasteiger partial charge >= 0.3 is 0 Å². The van der Waals surface area contributed by atoms with E-state index in [4.69, 9.17) is 20.3 Å². The van der Waals surface area contributed by atoms with Crippen molar-refractivity contribution in [2.45, 2.75) is 116 Å². The molecule has 4 aromatic rings. The van der Waals surface area contributed by atoms with Crippen LogP contribution in [0.2, 0.25) is 0 Å². The number of aromatic nitrogens is 2. The summed E-state index contributed by atoms with van der Waals surface area (Å²) in [5, 5.41) is 7.35. The van der Waals surface area contributed by atoms with Crippen molar-refractivity contribution in [3.63, 3.8) is 0 Å². The van der Waals surface area contributed by atoms with Crippen molar-refractivity contribution >= 4 is 27.5 Å². The molecule has 0 spiro atoms.